The van der Waals surface area contributed by atoms with Gasteiger partial charge in [0, 0.05) is 0 Å². The Balaban J connectivity index is 2.61. The summed E-state index contributed by atoms with van der Waals surface area (Å²) in [4.78, 5) is 5.36. The quantitative estimate of drug-likeness (QED) is 0.779. The molecule has 18 heavy (non-hydrogen) atoms. The van der Waals surface area contributed by atoms with Crippen LogP contribution in [0.5, 0.6) is 0 Å². The Morgan fingerprint density at radius 2 is 1.56 bits per heavy atom. The van der Waals surface area contributed by atoms with Crippen LogP contribution in [0.15, 0.2) is 12.1 Å². The zero-order chi connectivity index (χ0) is 13.7. The average Bonchev–Trinajstić information content (AvgIpc) is 2.60. The molecule has 0 amide bonds. The van der Waals surface area contributed by atoms with Crippen molar-refractivity contribution in [3.05, 3.63) is 29.1 Å². The maximum Gasteiger partial charge on any atom is 0.461 e. The van der Waals surface area contributed by atoms with Gasteiger partial charge in [0.15, 0.2) is 5.82 Å². The predicted molar refractivity (Wildman–Crippen MR) is 55.5 cm³/mol. The second-order valence-electron chi connectivity index (χ2n) is 4.11. The molecule has 0 radical (unpaired) electrons. The summed E-state index contributed by atoms with van der Waals surface area (Å²) in [5.74, 6) is -6.36. The highest BCUT2D eigenvalue weighted by molar-refractivity contribution is 5.77. The lowest BCUT2D eigenvalue weighted by Crippen LogP contribution is -2.34. The molecular weight excluding hydrogens is 255 g/mol. The Kier molecular flexibility index (Phi) is 2.60. The van der Waals surface area contributed by atoms with E-state index in [0.717, 1.165) is 11.1 Å². The first-order valence-corrected chi connectivity index (χ1v) is 5.05. The lowest BCUT2D eigenvalue weighted by Gasteiger charge is -2.16. The molecule has 1 aromatic carbocycles. The van der Waals surface area contributed by atoms with Crippen molar-refractivity contribution in [2.24, 2.45) is 0 Å². The van der Waals surface area contributed by atoms with Gasteiger partial charge in [-0.25, -0.2) is 4.98 Å². The van der Waals surface area contributed by atoms with Gasteiger partial charge in [0.25, 0.3) is 0 Å². The van der Waals surface area contributed by atoms with Crippen molar-refractivity contribution in [1.29, 1.82) is 0 Å². The van der Waals surface area contributed by atoms with Crippen LogP contribution in [0.1, 0.15) is 17.0 Å². The summed E-state index contributed by atoms with van der Waals surface area (Å²) in [7, 11) is 0. The Bertz CT molecular complexity index is 558. The van der Waals surface area contributed by atoms with E-state index in [2.05, 4.69) is 4.98 Å². The second kappa shape index (κ2) is 3.66. The minimum absolute atomic E-state index is 0.0945. The summed E-state index contributed by atoms with van der Waals surface area (Å²) in [5.41, 5.74) is 1.82. The molecule has 2 rings (SSSR count). The number of H-pyrrole nitrogens is 1. The Labute approximate surface area is 98.8 Å². The number of rotatable bonds is 1. The molecule has 98 valence electrons. The molecule has 0 unspecified atom stereocenters. The first-order chi connectivity index (χ1) is 8.13. The number of halogens is 5. The summed E-state index contributed by atoms with van der Waals surface area (Å²) in [6.45, 7) is 3.46. The highest BCUT2D eigenvalue weighted by Crippen LogP contribution is 2.43. The molecule has 1 heterocycles. The molecule has 0 saturated carbocycles. The van der Waals surface area contributed by atoms with Gasteiger partial charge in [0.05, 0.1) is 11.0 Å². The number of benzene rings is 1. The van der Waals surface area contributed by atoms with Gasteiger partial charge in [-0.1, -0.05) is 0 Å². The van der Waals surface area contributed by atoms with Crippen LogP contribution in [-0.2, 0) is 5.92 Å². The lowest BCUT2D eigenvalue weighted by molar-refractivity contribution is -0.292. The molecule has 0 saturated heterocycles. The van der Waals surface area contributed by atoms with Crippen molar-refractivity contribution in [3.63, 3.8) is 0 Å². The van der Waals surface area contributed by atoms with Gasteiger partial charge < -0.3 is 4.98 Å². The summed E-state index contributed by atoms with van der Waals surface area (Å²) in [5, 5.41) is 0. The maximum atomic E-state index is 13.1. The number of aromatic nitrogens is 2. The third-order valence-electron chi connectivity index (χ3n) is 2.75. The van der Waals surface area contributed by atoms with Gasteiger partial charge >= 0.3 is 12.1 Å². The van der Waals surface area contributed by atoms with Crippen molar-refractivity contribution < 1.29 is 22.0 Å². The molecule has 0 spiro atoms. The number of hydrogen-bond donors (Lipinski definition) is 1. The Hall–Kier alpha value is -1.66. The van der Waals surface area contributed by atoms with Crippen LogP contribution >= 0.6 is 0 Å². The number of alkyl halides is 5. The second-order valence-corrected chi connectivity index (χ2v) is 4.11. The normalized spacial score (nSPS) is 13.3. The van der Waals surface area contributed by atoms with Gasteiger partial charge in [-0.2, -0.15) is 22.0 Å². The monoisotopic (exact) mass is 264 g/mol. The smallest absolute Gasteiger partial charge is 0.337 e. The maximum absolute atomic E-state index is 13.1. The summed E-state index contributed by atoms with van der Waals surface area (Å²) in [6, 6.07) is 2.96. The highest BCUT2D eigenvalue weighted by atomic mass is 19.4. The van der Waals surface area contributed by atoms with Crippen LogP contribution in [0.2, 0.25) is 0 Å². The largest absolute Gasteiger partial charge is 0.461 e. The number of hydrogen-bond acceptors (Lipinski definition) is 1. The molecule has 0 atom stereocenters. The summed E-state index contributed by atoms with van der Waals surface area (Å²) < 4.78 is 62.8. The predicted octanol–water partition coefficient (Wildman–Crippen LogP) is 3.83. The van der Waals surface area contributed by atoms with E-state index in [1.54, 1.807) is 13.8 Å². The standard InChI is InChI=1S/C11H9F5N2/c1-5-3-7-8(4-6(5)2)18-9(17-7)10(12,13)11(14,15)16/h3-4H,1-2H3,(H,17,18). The molecule has 0 aliphatic carbocycles. The molecule has 0 aliphatic heterocycles. The fourth-order valence-electron chi connectivity index (χ4n) is 1.55. The zero-order valence-corrected chi connectivity index (χ0v) is 9.49. The fraction of sp³-hybridized carbons (Fsp3) is 0.364. The van der Waals surface area contributed by atoms with Crippen molar-refractivity contribution in [3.8, 4) is 0 Å². The van der Waals surface area contributed by atoms with E-state index >= 15 is 0 Å². The molecule has 1 aromatic heterocycles. The van der Waals surface area contributed by atoms with Crippen LogP contribution < -0.4 is 0 Å². The van der Waals surface area contributed by atoms with E-state index in [1.165, 1.54) is 12.1 Å². The molecule has 2 aromatic rings. The molecule has 0 bridgehead atoms. The number of aromatic amines is 1. The molecule has 0 aliphatic rings. The first kappa shape index (κ1) is 12.8. The lowest BCUT2D eigenvalue weighted by atomic mass is 10.1. The number of imidazole rings is 1. The van der Waals surface area contributed by atoms with Gasteiger partial charge in [-0.05, 0) is 37.1 Å². The van der Waals surface area contributed by atoms with Crippen molar-refractivity contribution in [2.45, 2.75) is 25.9 Å². The Morgan fingerprint density at radius 3 is 2.11 bits per heavy atom. The van der Waals surface area contributed by atoms with Crippen molar-refractivity contribution in [2.75, 3.05) is 0 Å². The fourth-order valence-corrected chi connectivity index (χ4v) is 1.55. The minimum Gasteiger partial charge on any atom is -0.337 e. The van der Waals surface area contributed by atoms with E-state index in [-0.39, 0.29) is 11.0 Å². The average molecular weight is 264 g/mol. The summed E-state index contributed by atoms with van der Waals surface area (Å²) in [6.07, 6.45) is -5.66. The zero-order valence-electron chi connectivity index (χ0n) is 9.49. The molecule has 7 heteroatoms. The van der Waals surface area contributed by atoms with E-state index in [0.29, 0.717) is 0 Å². The number of nitrogens with zero attached hydrogens (tertiary/aromatic N) is 1. The summed E-state index contributed by atoms with van der Waals surface area (Å²) >= 11 is 0. The Morgan fingerprint density at radius 1 is 1.00 bits per heavy atom. The van der Waals surface area contributed by atoms with E-state index in [9.17, 15) is 22.0 Å². The van der Waals surface area contributed by atoms with Crippen LogP contribution in [-0.4, -0.2) is 16.1 Å². The van der Waals surface area contributed by atoms with Gasteiger partial charge in [-0.3, -0.25) is 0 Å². The highest BCUT2D eigenvalue weighted by Gasteiger charge is 2.61. The topological polar surface area (TPSA) is 28.7 Å². The SMILES string of the molecule is Cc1cc2nc(C(F)(F)C(F)(F)F)[nH]c2cc1C. The number of aryl methyl sites for hydroxylation is 2. The van der Waals surface area contributed by atoms with Crippen molar-refractivity contribution in [1.82, 2.24) is 9.97 Å². The van der Waals surface area contributed by atoms with Crippen LogP contribution in [0.3, 0.4) is 0 Å². The number of fused-ring (bicyclic) bond motifs is 1. The van der Waals surface area contributed by atoms with Crippen LogP contribution in [0.4, 0.5) is 22.0 Å². The number of nitrogens with one attached hydrogen (secondary N) is 1. The minimum atomic E-state index is -5.66. The van der Waals surface area contributed by atoms with Crippen LogP contribution in [0, 0.1) is 13.8 Å². The van der Waals surface area contributed by atoms with Crippen molar-refractivity contribution >= 4 is 11.0 Å². The molecule has 2 nitrogen and oxygen atoms in total. The molecule has 0 fully saturated rings. The molecule has 1 N–H and O–H groups in total. The van der Waals surface area contributed by atoms with Gasteiger partial charge in [0.1, 0.15) is 0 Å². The van der Waals surface area contributed by atoms with E-state index in [1.807, 2.05) is 4.98 Å². The van der Waals surface area contributed by atoms with E-state index in [4.69, 9.17) is 0 Å². The van der Waals surface area contributed by atoms with Gasteiger partial charge in [0.2, 0.25) is 0 Å². The van der Waals surface area contributed by atoms with Gasteiger partial charge in [-0.15, -0.1) is 0 Å². The third kappa shape index (κ3) is 1.83. The molecular formula is C11H9F5N2. The third-order valence-corrected chi connectivity index (χ3v) is 2.75. The first-order valence-electron chi connectivity index (χ1n) is 5.05. The van der Waals surface area contributed by atoms with Crippen LogP contribution in [0.25, 0.3) is 11.0 Å². The van der Waals surface area contributed by atoms with E-state index < -0.39 is 17.9 Å².